The largest absolute Gasteiger partial charge is 1.00 e. The van der Waals surface area contributed by atoms with Gasteiger partial charge in [0, 0.05) is 19.2 Å². The molecule has 1 aromatic rings. The topological polar surface area (TPSA) is 50.0 Å². The fourth-order valence-corrected chi connectivity index (χ4v) is 1.62. The van der Waals surface area contributed by atoms with Crippen molar-refractivity contribution in [3.63, 3.8) is 0 Å². The minimum Gasteiger partial charge on any atom is -0.860 e. The van der Waals surface area contributed by atoms with Crippen LogP contribution in [0.5, 0.6) is 5.88 Å². The molecule has 0 radical (unpaired) electrons. The smallest absolute Gasteiger partial charge is 0.860 e. The Morgan fingerprint density at radius 1 is 1.36 bits per heavy atom. The average Bonchev–Trinajstić information content (AvgIpc) is 2.04. The molecule has 1 heterocycles. The zero-order valence-corrected chi connectivity index (χ0v) is 15.7. The van der Waals surface area contributed by atoms with E-state index in [4.69, 9.17) is 12.2 Å². The summed E-state index contributed by atoms with van der Waals surface area (Å²) in [4.78, 5) is 11.2. The minimum atomic E-state index is -0.317. The molecule has 4 nitrogen and oxygen atoms in total. The second-order valence-corrected chi connectivity index (χ2v) is 2.96. The molecule has 0 aliphatic carbocycles. The van der Waals surface area contributed by atoms with E-state index in [-0.39, 0.29) is 80.3 Å². The Hall–Kier alpha value is 0.952. The first-order chi connectivity index (χ1) is 6.11. The predicted octanol–water partition coefficient (Wildman–Crippen LogP) is -2.50. The van der Waals surface area contributed by atoms with Gasteiger partial charge in [0.05, 0.1) is 0 Å². The van der Waals surface area contributed by atoms with Crippen molar-refractivity contribution in [2.24, 2.45) is 0 Å². The molecule has 1 aromatic heterocycles. The average molecular weight is 332 g/mol. The van der Waals surface area contributed by atoms with Crippen molar-refractivity contribution in [3.8, 4) is 5.88 Å². The van der Waals surface area contributed by atoms with Gasteiger partial charge in [-0.2, -0.15) is 0 Å². The molecule has 72 valence electrons. The normalized spacial score (nSPS) is 9.57. The van der Waals surface area contributed by atoms with E-state index in [0.29, 0.717) is 17.9 Å². The van der Waals surface area contributed by atoms with E-state index < -0.39 is 0 Å². The molecule has 0 aliphatic rings. The van der Waals surface area contributed by atoms with Crippen LogP contribution in [0.25, 0.3) is 0 Å². The minimum absolute atomic E-state index is 0. The third kappa shape index (κ3) is 2.97. The Balaban J connectivity index is 0.00000169. The molecule has 0 aromatic carbocycles. The van der Waals surface area contributed by atoms with Crippen LogP contribution in [0.3, 0.4) is 0 Å². The number of rotatable bonds is 2. The van der Waals surface area contributed by atoms with Crippen LogP contribution in [0.1, 0.15) is 13.8 Å². The molecular formula is C8H11CsN2O2S. The fourth-order valence-electron chi connectivity index (χ4n) is 1.18. The second-order valence-electron chi connectivity index (χ2n) is 2.59. The van der Waals surface area contributed by atoms with E-state index in [0.717, 1.165) is 6.07 Å². The van der Waals surface area contributed by atoms with Crippen molar-refractivity contribution in [2.45, 2.75) is 26.9 Å². The Morgan fingerprint density at radius 3 is 2.29 bits per heavy atom. The van der Waals surface area contributed by atoms with Crippen molar-refractivity contribution in [2.75, 3.05) is 0 Å². The van der Waals surface area contributed by atoms with Crippen molar-refractivity contribution in [1.82, 2.24) is 9.13 Å². The van der Waals surface area contributed by atoms with Gasteiger partial charge in [-0.15, -0.1) is 0 Å². The molecular weight excluding hydrogens is 321 g/mol. The first-order valence-electron chi connectivity index (χ1n) is 4.13. The second kappa shape index (κ2) is 6.52. The summed E-state index contributed by atoms with van der Waals surface area (Å²) in [5, 5.41) is 11.2. The summed E-state index contributed by atoms with van der Waals surface area (Å²) in [6.45, 7) is 4.64. The van der Waals surface area contributed by atoms with Gasteiger partial charge < -0.3 is 9.67 Å². The fraction of sp³-hybridized carbons (Fsp3) is 0.500. The van der Waals surface area contributed by atoms with E-state index in [9.17, 15) is 9.90 Å². The molecule has 0 atom stereocenters. The molecule has 0 N–H and O–H groups in total. The summed E-state index contributed by atoms with van der Waals surface area (Å²) in [7, 11) is 0. The number of nitrogens with zero attached hydrogens (tertiary/aromatic N) is 2. The van der Waals surface area contributed by atoms with Crippen molar-refractivity contribution in [3.05, 3.63) is 21.2 Å². The van der Waals surface area contributed by atoms with Crippen molar-refractivity contribution >= 4 is 12.2 Å². The summed E-state index contributed by atoms with van der Waals surface area (Å²) < 4.78 is 3.11. The van der Waals surface area contributed by atoms with E-state index >= 15 is 0 Å². The maximum atomic E-state index is 11.2. The Kier molecular flexibility index (Phi) is 6.96. The first kappa shape index (κ1) is 15.0. The SMILES string of the molecule is CCn1c([O-])cc(=O)n(CC)c1=S.[Cs+]. The van der Waals surface area contributed by atoms with Gasteiger partial charge in [0.2, 0.25) is 0 Å². The molecule has 1 rings (SSSR count). The van der Waals surface area contributed by atoms with E-state index in [1.54, 1.807) is 0 Å². The molecule has 14 heavy (non-hydrogen) atoms. The molecule has 6 heteroatoms. The molecule has 0 saturated carbocycles. The van der Waals surface area contributed by atoms with Crippen LogP contribution in [0.4, 0.5) is 0 Å². The maximum absolute atomic E-state index is 11.2. The summed E-state index contributed by atoms with van der Waals surface area (Å²) in [5.41, 5.74) is -0.317. The molecule has 0 unspecified atom stereocenters. The van der Waals surface area contributed by atoms with Gasteiger partial charge in [0.15, 0.2) is 4.77 Å². The van der Waals surface area contributed by atoms with Crippen molar-refractivity contribution < 1.29 is 74.0 Å². The number of hydrogen-bond acceptors (Lipinski definition) is 3. The standard InChI is InChI=1S/C8H12N2O2S.Cs/c1-3-9-6(11)5-7(12)10(4-2)8(9)13;/h5,11H,3-4H2,1-2H3;/q;+1/p-1. The van der Waals surface area contributed by atoms with Gasteiger partial charge in [-0.3, -0.25) is 9.36 Å². The van der Waals surface area contributed by atoms with Gasteiger partial charge in [0.25, 0.3) is 5.56 Å². The maximum Gasteiger partial charge on any atom is 1.00 e. The third-order valence-corrected chi connectivity index (χ3v) is 2.31. The quantitative estimate of drug-likeness (QED) is 0.563. The zero-order chi connectivity index (χ0) is 10.0. The Morgan fingerprint density at radius 2 is 1.86 bits per heavy atom. The Bertz CT molecular complexity index is 424. The van der Waals surface area contributed by atoms with Crippen LogP contribution < -0.4 is 79.6 Å². The van der Waals surface area contributed by atoms with Gasteiger partial charge in [0.1, 0.15) is 0 Å². The molecule has 0 amide bonds. The van der Waals surface area contributed by atoms with Crippen LogP contribution in [-0.4, -0.2) is 9.13 Å². The molecule has 0 bridgehead atoms. The van der Waals surface area contributed by atoms with Crippen LogP contribution in [-0.2, 0) is 13.1 Å². The number of hydrogen-bond donors (Lipinski definition) is 0. The molecule has 0 fully saturated rings. The van der Waals surface area contributed by atoms with Crippen LogP contribution in [0.2, 0.25) is 0 Å². The Labute approximate surface area is 146 Å². The first-order valence-corrected chi connectivity index (χ1v) is 4.54. The van der Waals surface area contributed by atoms with Gasteiger partial charge in [-0.25, -0.2) is 0 Å². The summed E-state index contributed by atoms with van der Waals surface area (Å²) in [5.74, 6) is -0.317. The molecule has 0 aliphatic heterocycles. The summed E-state index contributed by atoms with van der Waals surface area (Å²) >= 11 is 4.99. The van der Waals surface area contributed by atoms with Crippen LogP contribution in [0, 0.1) is 4.77 Å². The van der Waals surface area contributed by atoms with Gasteiger partial charge >= 0.3 is 68.9 Å². The number of aromatic nitrogens is 2. The predicted molar refractivity (Wildman–Crippen MR) is 50.3 cm³/mol. The monoisotopic (exact) mass is 332 g/mol. The van der Waals surface area contributed by atoms with E-state index in [2.05, 4.69) is 0 Å². The van der Waals surface area contributed by atoms with Gasteiger partial charge in [-0.05, 0) is 31.9 Å². The van der Waals surface area contributed by atoms with Crippen LogP contribution in [0.15, 0.2) is 10.9 Å². The third-order valence-electron chi connectivity index (χ3n) is 1.87. The van der Waals surface area contributed by atoms with E-state index in [1.807, 2.05) is 13.8 Å². The van der Waals surface area contributed by atoms with Crippen LogP contribution >= 0.6 is 12.2 Å². The summed E-state index contributed by atoms with van der Waals surface area (Å²) in [6.07, 6.45) is 0. The van der Waals surface area contributed by atoms with Crippen molar-refractivity contribution in [1.29, 1.82) is 0 Å². The van der Waals surface area contributed by atoms with E-state index in [1.165, 1.54) is 9.13 Å². The zero-order valence-electron chi connectivity index (χ0n) is 8.61. The molecule has 0 spiro atoms. The van der Waals surface area contributed by atoms with Gasteiger partial charge in [-0.1, -0.05) is 0 Å². The molecule has 0 saturated heterocycles. The summed E-state index contributed by atoms with van der Waals surface area (Å²) in [6, 6.07) is 1.07.